The number of carbonyl (C=O) groups is 1. The van der Waals surface area contributed by atoms with E-state index in [1.165, 1.54) is 15.6 Å². The molecule has 1 aliphatic rings. The van der Waals surface area contributed by atoms with Crippen LogP contribution in [0.2, 0.25) is 0 Å². The van der Waals surface area contributed by atoms with E-state index in [1.54, 1.807) is 30.0 Å². The molecule has 0 unspecified atom stereocenters. The van der Waals surface area contributed by atoms with Crippen LogP contribution in [0, 0.1) is 6.92 Å². The molecular formula is C16H20N4O4S3. The lowest BCUT2D eigenvalue weighted by molar-refractivity contribution is -0.122. The van der Waals surface area contributed by atoms with E-state index in [9.17, 15) is 13.2 Å². The largest absolute Gasteiger partial charge is 0.476 e. The fourth-order valence-corrected chi connectivity index (χ4v) is 5.39. The molecule has 1 aromatic carbocycles. The zero-order chi connectivity index (χ0) is 19.8. The minimum Gasteiger partial charge on any atom is -0.476 e. The van der Waals surface area contributed by atoms with Gasteiger partial charge in [-0.25, -0.2) is 8.42 Å². The van der Waals surface area contributed by atoms with Crippen molar-refractivity contribution >= 4 is 49.8 Å². The highest BCUT2D eigenvalue weighted by atomic mass is 32.2. The Morgan fingerprint density at radius 1 is 1.41 bits per heavy atom. The maximum absolute atomic E-state index is 12.6. The Bertz CT molecular complexity index is 958. The van der Waals surface area contributed by atoms with Gasteiger partial charge in [0.15, 0.2) is 10.4 Å². The van der Waals surface area contributed by atoms with Gasteiger partial charge in [0, 0.05) is 5.25 Å². The van der Waals surface area contributed by atoms with Crippen LogP contribution in [0.3, 0.4) is 0 Å². The number of thioether (sulfide) groups is 1. The zero-order valence-corrected chi connectivity index (χ0v) is 17.7. The van der Waals surface area contributed by atoms with Crippen molar-refractivity contribution < 1.29 is 17.9 Å². The molecule has 3 rings (SSSR count). The van der Waals surface area contributed by atoms with E-state index in [1.807, 2.05) is 20.8 Å². The molecular weight excluding hydrogens is 408 g/mol. The molecule has 1 atom stereocenters. The fourth-order valence-electron chi connectivity index (χ4n) is 2.51. The lowest BCUT2D eigenvalue weighted by atomic mass is 10.1. The summed E-state index contributed by atoms with van der Waals surface area (Å²) >= 11 is 2.82. The lowest BCUT2D eigenvalue weighted by Crippen LogP contribution is -2.48. The maximum Gasteiger partial charge on any atom is 0.269 e. The number of sulfonamides is 1. The van der Waals surface area contributed by atoms with Crippen LogP contribution in [0.1, 0.15) is 19.4 Å². The number of ether oxygens (including phenoxy) is 1. The molecule has 1 N–H and O–H groups in total. The number of amides is 1. The second-order valence-corrected chi connectivity index (χ2v) is 11.1. The van der Waals surface area contributed by atoms with Gasteiger partial charge in [0.1, 0.15) is 5.75 Å². The Kier molecular flexibility index (Phi) is 5.63. The molecule has 8 nitrogen and oxygen atoms in total. The lowest BCUT2D eigenvalue weighted by Gasteiger charge is -2.34. The Morgan fingerprint density at radius 3 is 2.81 bits per heavy atom. The predicted molar refractivity (Wildman–Crippen MR) is 107 cm³/mol. The molecule has 1 amide bonds. The van der Waals surface area contributed by atoms with Crippen LogP contribution in [0.5, 0.6) is 5.75 Å². The van der Waals surface area contributed by atoms with Gasteiger partial charge in [0.25, 0.3) is 5.91 Å². The standard InChI is InChI=1S/C16H20N4O4S3/c1-9(2)25-16-19-18-15(26-16)17-14(21)13-8-20(27(4,22)23)11-7-10(3)5-6-12(11)24-13/h5-7,9,13H,8H2,1-4H3,(H,17,18,21)/t13-/m0/s1. The first-order valence-electron chi connectivity index (χ1n) is 8.19. The van der Waals surface area contributed by atoms with Gasteiger partial charge < -0.3 is 4.74 Å². The number of aryl methyl sites for hydroxylation is 1. The van der Waals surface area contributed by atoms with Crippen molar-refractivity contribution in [3.8, 4) is 5.75 Å². The summed E-state index contributed by atoms with van der Waals surface area (Å²) in [5.74, 6) is -0.113. The van der Waals surface area contributed by atoms with Gasteiger partial charge in [-0.05, 0) is 24.6 Å². The van der Waals surface area contributed by atoms with Crippen LogP contribution in [-0.2, 0) is 14.8 Å². The highest BCUT2D eigenvalue weighted by Gasteiger charge is 2.35. The molecule has 27 heavy (non-hydrogen) atoms. The van der Waals surface area contributed by atoms with Crippen LogP contribution in [0.15, 0.2) is 22.5 Å². The number of benzene rings is 1. The van der Waals surface area contributed by atoms with Gasteiger partial charge in [0.2, 0.25) is 15.2 Å². The smallest absolute Gasteiger partial charge is 0.269 e. The Balaban J connectivity index is 1.80. The molecule has 0 aliphatic carbocycles. The topological polar surface area (TPSA) is 101 Å². The molecule has 0 spiro atoms. The summed E-state index contributed by atoms with van der Waals surface area (Å²) in [7, 11) is -3.56. The van der Waals surface area contributed by atoms with Gasteiger partial charge >= 0.3 is 0 Å². The first-order valence-corrected chi connectivity index (χ1v) is 11.7. The average Bonchev–Trinajstić information content (AvgIpc) is 2.98. The van der Waals surface area contributed by atoms with E-state index in [0.717, 1.165) is 16.2 Å². The third-order valence-electron chi connectivity index (χ3n) is 3.65. The highest BCUT2D eigenvalue weighted by Crippen LogP contribution is 2.36. The number of hydrogen-bond acceptors (Lipinski definition) is 8. The quantitative estimate of drug-likeness (QED) is 0.577. The van der Waals surface area contributed by atoms with Crippen molar-refractivity contribution in [3.05, 3.63) is 23.8 Å². The summed E-state index contributed by atoms with van der Waals surface area (Å²) in [6, 6.07) is 5.20. The van der Waals surface area contributed by atoms with Gasteiger partial charge in [-0.2, -0.15) is 0 Å². The van der Waals surface area contributed by atoms with Gasteiger partial charge in [-0.3, -0.25) is 14.4 Å². The summed E-state index contributed by atoms with van der Waals surface area (Å²) in [5.41, 5.74) is 1.34. The minimum atomic E-state index is -3.56. The molecule has 0 radical (unpaired) electrons. The Morgan fingerprint density at radius 2 is 2.15 bits per heavy atom. The molecule has 2 heterocycles. The minimum absolute atomic E-state index is 0.104. The van der Waals surface area contributed by atoms with E-state index in [-0.39, 0.29) is 6.54 Å². The highest BCUT2D eigenvalue weighted by molar-refractivity contribution is 8.01. The first-order chi connectivity index (χ1) is 12.6. The molecule has 0 saturated heterocycles. The predicted octanol–water partition coefficient (Wildman–Crippen LogP) is 2.51. The van der Waals surface area contributed by atoms with E-state index in [2.05, 4.69) is 15.5 Å². The summed E-state index contributed by atoms with van der Waals surface area (Å²) < 4.78 is 32.1. The molecule has 146 valence electrons. The van der Waals surface area contributed by atoms with Crippen LogP contribution >= 0.6 is 23.1 Å². The summed E-state index contributed by atoms with van der Waals surface area (Å²) in [5, 5.41) is 11.4. The number of hydrogen-bond donors (Lipinski definition) is 1. The number of aromatic nitrogens is 2. The number of anilines is 2. The monoisotopic (exact) mass is 428 g/mol. The summed E-state index contributed by atoms with van der Waals surface area (Å²) in [4.78, 5) is 12.6. The van der Waals surface area contributed by atoms with Crippen molar-refractivity contribution in [2.24, 2.45) is 0 Å². The number of rotatable bonds is 5. The Hall–Kier alpha value is -1.85. The van der Waals surface area contributed by atoms with Crippen LogP contribution in [0.25, 0.3) is 0 Å². The molecule has 1 aliphatic heterocycles. The van der Waals surface area contributed by atoms with E-state index in [0.29, 0.717) is 21.8 Å². The van der Waals surface area contributed by atoms with E-state index in [4.69, 9.17) is 4.74 Å². The number of nitrogens with zero attached hydrogens (tertiary/aromatic N) is 3. The Labute approximate surface area is 166 Å². The van der Waals surface area contributed by atoms with Crippen molar-refractivity contribution in [2.45, 2.75) is 36.5 Å². The third kappa shape index (κ3) is 4.71. The maximum atomic E-state index is 12.6. The summed E-state index contributed by atoms with van der Waals surface area (Å²) in [6.07, 6.45) is 0.125. The second kappa shape index (κ2) is 7.64. The number of fused-ring (bicyclic) bond motifs is 1. The number of nitrogens with one attached hydrogen (secondary N) is 1. The van der Waals surface area contributed by atoms with Crippen LogP contribution in [0.4, 0.5) is 10.8 Å². The summed E-state index contributed by atoms with van der Waals surface area (Å²) in [6.45, 7) is 5.84. The first kappa shape index (κ1) is 19.9. The molecule has 0 fully saturated rings. The molecule has 0 bridgehead atoms. The zero-order valence-electron chi connectivity index (χ0n) is 15.3. The normalized spacial score (nSPS) is 16.8. The van der Waals surface area contributed by atoms with Crippen molar-refractivity contribution in [1.29, 1.82) is 0 Å². The van der Waals surface area contributed by atoms with Crippen LogP contribution < -0.4 is 14.4 Å². The third-order valence-corrected chi connectivity index (χ3v) is 6.72. The van der Waals surface area contributed by atoms with Crippen LogP contribution in [-0.4, -0.2) is 48.7 Å². The van der Waals surface area contributed by atoms with E-state index < -0.39 is 22.0 Å². The SMILES string of the molecule is Cc1ccc2c(c1)N(S(C)(=O)=O)C[C@@H](C(=O)Nc1nnc(SC(C)C)s1)O2. The molecule has 1 aromatic heterocycles. The van der Waals surface area contributed by atoms with Gasteiger partial charge in [-0.15, -0.1) is 10.2 Å². The number of carbonyl (C=O) groups excluding carboxylic acids is 1. The van der Waals surface area contributed by atoms with Crippen molar-refractivity contribution in [3.63, 3.8) is 0 Å². The molecule has 11 heteroatoms. The van der Waals surface area contributed by atoms with E-state index >= 15 is 0 Å². The molecule has 0 saturated carbocycles. The van der Waals surface area contributed by atoms with Crippen molar-refractivity contribution in [2.75, 3.05) is 22.4 Å². The van der Waals surface area contributed by atoms with Crippen molar-refractivity contribution in [1.82, 2.24) is 10.2 Å². The molecule has 2 aromatic rings. The van der Waals surface area contributed by atoms with Gasteiger partial charge in [-0.1, -0.05) is 43.0 Å². The fraction of sp³-hybridized carbons (Fsp3) is 0.438. The van der Waals surface area contributed by atoms with Gasteiger partial charge in [0.05, 0.1) is 18.5 Å². The second-order valence-electron chi connectivity index (χ2n) is 6.40. The average molecular weight is 429 g/mol.